The average Bonchev–Trinajstić information content (AvgIpc) is 2.21. The molecule has 0 atom stereocenters. The summed E-state index contributed by atoms with van der Waals surface area (Å²) in [6, 6.07) is 0.530. The number of nitrogens with one attached hydrogen (secondary N) is 1. The van der Waals surface area contributed by atoms with Crippen LogP contribution < -0.4 is 5.32 Å². The van der Waals surface area contributed by atoms with Crippen LogP contribution in [0.5, 0.6) is 0 Å². The highest BCUT2D eigenvalue weighted by molar-refractivity contribution is 5.85. The lowest BCUT2D eigenvalue weighted by atomic mass is 10.7. The molecule has 0 saturated heterocycles. The maximum atomic E-state index is 9.54. The zero-order chi connectivity index (χ0) is 4.41. The second-order valence-electron chi connectivity index (χ2n) is 1.56. The quantitative estimate of drug-likeness (QED) is 0.524. The second kappa shape index (κ2) is 2.86. The molecule has 0 radical (unpaired) electrons. The summed E-state index contributed by atoms with van der Waals surface area (Å²) in [5.74, 6) is 0. The smallest absolute Gasteiger partial charge is 0.207 e. The van der Waals surface area contributed by atoms with Gasteiger partial charge in [0.15, 0.2) is 0 Å². The van der Waals surface area contributed by atoms with E-state index in [9.17, 15) is 4.79 Å². The van der Waals surface area contributed by atoms with Crippen molar-refractivity contribution in [1.29, 1.82) is 0 Å². The largest absolute Gasteiger partial charge is 0.356 e. The van der Waals surface area contributed by atoms with Crippen molar-refractivity contribution in [1.82, 2.24) is 5.32 Å². The van der Waals surface area contributed by atoms with E-state index in [1.165, 1.54) is 12.8 Å². The van der Waals surface area contributed by atoms with Crippen LogP contribution in [0.4, 0.5) is 0 Å². The van der Waals surface area contributed by atoms with E-state index in [-0.39, 0.29) is 12.4 Å². The van der Waals surface area contributed by atoms with Crippen LogP contribution in [0.3, 0.4) is 0 Å². The highest BCUT2D eigenvalue weighted by Gasteiger charge is 2.18. The van der Waals surface area contributed by atoms with Crippen LogP contribution in [0, 0.1) is 0 Å². The van der Waals surface area contributed by atoms with E-state index in [0.29, 0.717) is 6.04 Å². The van der Waals surface area contributed by atoms with Gasteiger partial charge in [-0.3, -0.25) is 4.79 Å². The average molecular weight is 122 g/mol. The van der Waals surface area contributed by atoms with Gasteiger partial charge in [-0.15, -0.1) is 12.4 Å². The normalized spacial score (nSPS) is 17.1. The van der Waals surface area contributed by atoms with Crippen LogP contribution in [0.2, 0.25) is 0 Å². The fourth-order valence-corrected chi connectivity index (χ4v) is 0.346. The SMILES string of the molecule is Cl.O=CNC1CC1. The van der Waals surface area contributed by atoms with Crippen molar-refractivity contribution in [3.05, 3.63) is 0 Å². The number of hydrogen-bond acceptors (Lipinski definition) is 1. The predicted molar refractivity (Wildman–Crippen MR) is 29.5 cm³/mol. The van der Waals surface area contributed by atoms with Gasteiger partial charge in [0.25, 0.3) is 0 Å². The zero-order valence-electron chi connectivity index (χ0n) is 3.89. The van der Waals surface area contributed by atoms with Gasteiger partial charge in [-0.1, -0.05) is 0 Å². The zero-order valence-corrected chi connectivity index (χ0v) is 4.70. The van der Waals surface area contributed by atoms with Gasteiger partial charge in [0.1, 0.15) is 0 Å². The molecule has 1 fully saturated rings. The summed E-state index contributed by atoms with van der Waals surface area (Å²) in [7, 11) is 0. The molecule has 0 spiro atoms. The van der Waals surface area contributed by atoms with Gasteiger partial charge in [-0.2, -0.15) is 0 Å². The van der Waals surface area contributed by atoms with Crippen molar-refractivity contribution in [2.24, 2.45) is 0 Å². The van der Waals surface area contributed by atoms with E-state index < -0.39 is 0 Å². The summed E-state index contributed by atoms with van der Waals surface area (Å²) in [5.41, 5.74) is 0. The summed E-state index contributed by atoms with van der Waals surface area (Å²) < 4.78 is 0. The lowest BCUT2D eigenvalue weighted by Gasteiger charge is -1.82. The van der Waals surface area contributed by atoms with E-state index in [1.54, 1.807) is 0 Å². The summed E-state index contributed by atoms with van der Waals surface area (Å²) in [6.45, 7) is 0. The third kappa shape index (κ3) is 2.45. The monoisotopic (exact) mass is 121 g/mol. The summed E-state index contributed by atoms with van der Waals surface area (Å²) in [6.07, 6.45) is 3.12. The minimum Gasteiger partial charge on any atom is -0.356 e. The molecule has 0 aromatic rings. The van der Waals surface area contributed by atoms with Crippen LogP contribution in [0.15, 0.2) is 0 Å². The highest BCUT2D eigenvalue weighted by Crippen LogP contribution is 2.17. The van der Waals surface area contributed by atoms with Gasteiger partial charge in [0, 0.05) is 6.04 Å². The van der Waals surface area contributed by atoms with Crippen molar-refractivity contribution in [2.75, 3.05) is 0 Å². The molecule has 1 aliphatic rings. The van der Waals surface area contributed by atoms with Crippen molar-refractivity contribution in [2.45, 2.75) is 18.9 Å². The molecule has 0 bridgehead atoms. The molecule has 42 valence electrons. The van der Waals surface area contributed by atoms with E-state index in [0.717, 1.165) is 6.41 Å². The standard InChI is InChI=1S/C4H7NO.ClH/c6-3-5-4-1-2-4;/h3-4H,1-2H2,(H,5,6);1H. The fraction of sp³-hybridized carbons (Fsp3) is 0.750. The first-order valence-corrected chi connectivity index (χ1v) is 2.13. The van der Waals surface area contributed by atoms with Crippen LogP contribution in [0.1, 0.15) is 12.8 Å². The fourth-order valence-electron chi connectivity index (χ4n) is 0.346. The van der Waals surface area contributed by atoms with Crippen molar-refractivity contribution in [3.8, 4) is 0 Å². The van der Waals surface area contributed by atoms with E-state index >= 15 is 0 Å². The van der Waals surface area contributed by atoms with Crippen LogP contribution >= 0.6 is 12.4 Å². The predicted octanol–water partition coefficient (Wildman–Crippen LogP) is 0.317. The van der Waals surface area contributed by atoms with Gasteiger partial charge in [0.2, 0.25) is 6.41 Å². The Morgan fingerprint density at radius 2 is 2.14 bits per heavy atom. The Morgan fingerprint density at radius 3 is 2.29 bits per heavy atom. The third-order valence-electron chi connectivity index (χ3n) is 0.881. The molecule has 0 heterocycles. The van der Waals surface area contributed by atoms with Crippen molar-refractivity contribution < 1.29 is 4.79 Å². The maximum Gasteiger partial charge on any atom is 0.207 e. The topological polar surface area (TPSA) is 29.1 Å². The van der Waals surface area contributed by atoms with Gasteiger partial charge in [-0.05, 0) is 12.8 Å². The van der Waals surface area contributed by atoms with E-state index in [1.807, 2.05) is 0 Å². The molecule has 1 rings (SSSR count). The van der Waals surface area contributed by atoms with Crippen molar-refractivity contribution in [3.63, 3.8) is 0 Å². The molecule has 0 unspecified atom stereocenters. The lowest BCUT2D eigenvalue weighted by molar-refractivity contribution is -0.109. The Morgan fingerprint density at radius 1 is 1.57 bits per heavy atom. The summed E-state index contributed by atoms with van der Waals surface area (Å²) in [5, 5.41) is 2.64. The molecule has 1 N–H and O–H groups in total. The third-order valence-corrected chi connectivity index (χ3v) is 0.881. The molecule has 3 heteroatoms. The molecule has 1 aliphatic carbocycles. The first-order chi connectivity index (χ1) is 2.93. The van der Waals surface area contributed by atoms with Gasteiger partial charge < -0.3 is 5.32 Å². The Balaban J connectivity index is 0.000000360. The molecular formula is C4H8ClNO. The molecule has 7 heavy (non-hydrogen) atoms. The number of rotatable bonds is 2. The molecule has 1 amide bonds. The van der Waals surface area contributed by atoms with Crippen LogP contribution in [-0.2, 0) is 4.79 Å². The van der Waals surface area contributed by atoms with Gasteiger partial charge in [0.05, 0.1) is 0 Å². The molecule has 0 aliphatic heterocycles. The second-order valence-corrected chi connectivity index (χ2v) is 1.56. The number of carbonyl (C=O) groups excluding carboxylic acids is 1. The first-order valence-electron chi connectivity index (χ1n) is 2.13. The summed E-state index contributed by atoms with van der Waals surface area (Å²) in [4.78, 5) is 9.54. The Labute approximate surface area is 48.7 Å². The number of carbonyl (C=O) groups is 1. The van der Waals surface area contributed by atoms with Crippen LogP contribution in [-0.4, -0.2) is 12.5 Å². The van der Waals surface area contributed by atoms with Crippen LogP contribution in [0.25, 0.3) is 0 Å². The molecule has 0 aromatic carbocycles. The molecule has 0 aromatic heterocycles. The van der Waals surface area contributed by atoms with Gasteiger partial charge >= 0.3 is 0 Å². The summed E-state index contributed by atoms with van der Waals surface area (Å²) >= 11 is 0. The number of amides is 1. The van der Waals surface area contributed by atoms with E-state index in [2.05, 4.69) is 5.32 Å². The highest BCUT2D eigenvalue weighted by atomic mass is 35.5. The van der Waals surface area contributed by atoms with Crippen molar-refractivity contribution >= 4 is 18.8 Å². The minimum absolute atomic E-state index is 0. The number of hydrogen-bond donors (Lipinski definition) is 1. The Kier molecular flexibility index (Phi) is 2.76. The minimum atomic E-state index is 0. The maximum absolute atomic E-state index is 9.54. The Hall–Kier alpha value is -0.240. The van der Waals surface area contributed by atoms with Gasteiger partial charge in [-0.25, -0.2) is 0 Å². The first kappa shape index (κ1) is 6.76. The van der Waals surface area contributed by atoms with E-state index in [4.69, 9.17) is 0 Å². The molecule has 1 saturated carbocycles. The Bertz CT molecular complexity index is 62.7. The molecular weight excluding hydrogens is 114 g/mol. The molecule has 2 nitrogen and oxygen atoms in total. The number of halogens is 1. The lowest BCUT2D eigenvalue weighted by Crippen LogP contribution is -2.11.